The van der Waals surface area contributed by atoms with E-state index in [4.69, 9.17) is 10.2 Å². The minimum absolute atomic E-state index is 0.148. The molecule has 0 unspecified atom stereocenters. The van der Waals surface area contributed by atoms with Crippen LogP contribution in [0.25, 0.3) is 0 Å². The van der Waals surface area contributed by atoms with Crippen LogP contribution in [-0.4, -0.2) is 64.3 Å². The van der Waals surface area contributed by atoms with E-state index in [1.165, 1.54) is 9.80 Å². The van der Waals surface area contributed by atoms with E-state index in [1.807, 2.05) is 0 Å². The highest BCUT2D eigenvalue weighted by atomic mass is 16.4. The highest BCUT2D eigenvalue weighted by Crippen LogP contribution is 2.19. The average molecular weight is 242 g/mol. The highest BCUT2D eigenvalue weighted by molar-refractivity contribution is 5.83. The first kappa shape index (κ1) is 13.5. The summed E-state index contributed by atoms with van der Waals surface area (Å²) in [5.74, 6) is -0.974. The van der Waals surface area contributed by atoms with E-state index in [0.717, 1.165) is 0 Å². The number of carboxylic acids is 1. The molecule has 1 heterocycles. The summed E-state index contributed by atoms with van der Waals surface area (Å²) in [5.41, 5.74) is 0. The summed E-state index contributed by atoms with van der Waals surface area (Å²) in [6.07, 6.45) is 2.74. The molecule has 1 aliphatic heterocycles. The molecule has 1 saturated heterocycles. The Labute approximate surface area is 100 Å². The number of rotatable bonds is 5. The summed E-state index contributed by atoms with van der Waals surface area (Å²) in [6.45, 7) is 4.34. The predicted molar refractivity (Wildman–Crippen MR) is 61.6 cm³/mol. The Morgan fingerprint density at radius 2 is 2.24 bits per heavy atom. The van der Waals surface area contributed by atoms with Gasteiger partial charge in [-0.15, -0.1) is 6.58 Å². The lowest BCUT2D eigenvalue weighted by Crippen LogP contribution is -2.48. The molecule has 17 heavy (non-hydrogen) atoms. The van der Waals surface area contributed by atoms with Crippen molar-refractivity contribution in [2.24, 2.45) is 0 Å². The molecule has 2 amide bonds. The number of likely N-dealkylation sites (tertiary alicyclic amines) is 1. The van der Waals surface area contributed by atoms with Crippen LogP contribution in [0.4, 0.5) is 4.79 Å². The number of aliphatic hydroxyl groups is 1. The number of urea groups is 1. The Morgan fingerprint density at radius 1 is 1.53 bits per heavy atom. The lowest BCUT2D eigenvalue weighted by atomic mass is 10.2. The van der Waals surface area contributed by atoms with E-state index in [0.29, 0.717) is 25.9 Å². The predicted octanol–water partition coefficient (Wildman–Crippen LogP) is 0.136. The SMILES string of the molecule is C=CCN(CCO)C(=O)N1CCC[C@H]1C(=O)O. The lowest BCUT2D eigenvalue weighted by Gasteiger charge is -2.29. The number of hydrogen-bond acceptors (Lipinski definition) is 3. The Bertz CT molecular complexity index is 306. The Kier molecular flexibility index (Phi) is 4.96. The van der Waals surface area contributed by atoms with Crippen molar-refractivity contribution in [3.63, 3.8) is 0 Å². The third-order valence-electron chi connectivity index (χ3n) is 2.77. The summed E-state index contributed by atoms with van der Waals surface area (Å²) < 4.78 is 0. The van der Waals surface area contributed by atoms with Crippen LogP contribution in [0.1, 0.15) is 12.8 Å². The van der Waals surface area contributed by atoms with Crippen molar-refractivity contribution in [3.05, 3.63) is 12.7 Å². The number of carbonyl (C=O) groups excluding carboxylic acids is 1. The van der Waals surface area contributed by atoms with Crippen LogP contribution in [0.5, 0.6) is 0 Å². The van der Waals surface area contributed by atoms with Gasteiger partial charge in [-0.3, -0.25) is 0 Å². The molecular formula is C11H18N2O4. The van der Waals surface area contributed by atoms with Crippen molar-refractivity contribution >= 4 is 12.0 Å². The second-order valence-corrected chi connectivity index (χ2v) is 3.93. The van der Waals surface area contributed by atoms with Crippen molar-refractivity contribution in [2.45, 2.75) is 18.9 Å². The molecule has 0 aliphatic carbocycles. The zero-order valence-electron chi connectivity index (χ0n) is 9.71. The van der Waals surface area contributed by atoms with Crippen molar-refractivity contribution in [3.8, 4) is 0 Å². The number of hydrogen-bond donors (Lipinski definition) is 2. The number of amides is 2. The maximum absolute atomic E-state index is 12.1. The summed E-state index contributed by atoms with van der Waals surface area (Å²) in [5, 5.41) is 17.9. The molecule has 6 nitrogen and oxygen atoms in total. The van der Waals surface area contributed by atoms with Gasteiger partial charge in [0, 0.05) is 19.6 Å². The van der Waals surface area contributed by atoms with Gasteiger partial charge < -0.3 is 20.0 Å². The zero-order chi connectivity index (χ0) is 12.8. The molecule has 0 aromatic heterocycles. The van der Waals surface area contributed by atoms with Gasteiger partial charge in [-0.2, -0.15) is 0 Å². The van der Waals surface area contributed by atoms with Crippen LogP contribution in [0.3, 0.4) is 0 Å². The molecule has 6 heteroatoms. The van der Waals surface area contributed by atoms with Gasteiger partial charge in [-0.1, -0.05) is 6.08 Å². The lowest BCUT2D eigenvalue weighted by molar-refractivity contribution is -0.141. The number of aliphatic hydroxyl groups excluding tert-OH is 1. The second kappa shape index (κ2) is 6.24. The maximum Gasteiger partial charge on any atom is 0.326 e. The third kappa shape index (κ3) is 3.20. The molecule has 0 aromatic rings. The number of carboxylic acid groups (broad SMARTS) is 1. The van der Waals surface area contributed by atoms with Gasteiger partial charge in [0.15, 0.2) is 0 Å². The Morgan fingerprint density at radius 3 is 2.76 bits per heavy atom. The fraction of sp³-hybridized carbons (Fsp3) is 0.636. The van der Waals surface area contributed by atoms with Crippen LogP contribution < -0.4 is 0 Å². The molecule has 1 atom stereocenters. The van der Waals surface area contributed by atoms with Crippen molar-refractivity contribution < 1.29 is 19.8 Å². The largest absolute Gasteiger partial charge is 0.480 e. The van der Waals surface area contributed by atoms with Crippen molar-refractivity contribution in [1.82, 2.24) is 9.80 Å². The van der Waals surface area contributed by atoms with Crippen LogP contribution >= 0.6 is 0 Å². The molecule has 0 radical (unpaired) electrons. The maximum atomic E-state index is 12.1. The fourth-order valence-electron chi connectivity index (χ4n) is 1.98. The highest BCUT2D eigenvalue weighted by Gasteiger charge is 2.35. The second-order valence-electron chi connectivity index (χ2n) is 3.93. The summed E-state index contributed by atoms with van der Waals surface area (Å²) in [6, 6.07) is -1.09. The van der Waals surface area contributed by atoms with Crippen LogP contribution in [-0.2, 0) is 4.79 Å². The quantitative estimate of drug-likeness (QED) is 0.672. The minimum Gasteiger partial charge on any atom is -0.480 e. The van der Waals surface area contributed by atoms with E-state index in [1.54, 1.807) is 6.08 Å². The van der Waals surface area contributed by atoms with Gasteiger partial charge in [-0.05, 0) is 12.8 Å². The topological polar surface area (TPSA) is 81.1 Å². The first-order valence-electron chi connectivity index (χ1n) is 5.62. The normalized spacial score (nSPS) is 19.1. The Balaban J connectivity index is 2.71. The standard InChI is InChI=1S/C11H18N2O4/c1-2-5-12(7-8-14)11(17)13-6-3-4-9(13)10(15)16/h2,9,14H,1,3-8H2,(H,15,16)/t9-/m0/s1. The van der Waals surface area contributed by atoms with E-state index in [2.05, 4.69) is 6.58 Å². The van der Waals surface area contributed by atoms with Gasteiger partial charge >= 0.3 is 12.0 Å². The molecule has 1 rings (SSSR count). The van der Waals surface area contributed by atoms with Gasteiger partial charge in [0.1, 0.15) is 6.04 Å². The van der Waals surface area contributed by atoms with E-state index in [-0.39, 0.29) is 19.2 Å². The molecule has 96 valence electrons. The van der Waals surface area contributed by atoms with E-state index >= 15 is 0 Å². The molecule has 1 aliphatic rings. The molecular weight excluding hydrogens is 224 g/mol. The summed E-state index contributed by atoms with van der Waals surface area (Å²) >= 11 is 0. The van der Waals surface area contributed by atoms with Gasteiger partial charge in [-0.25, -0.2) is 9.59 Å². The number of aliphatic carboxylic acids is 1. The van der Waals surface area contributed by atoms with Crippen molar-refractivity contribution in [1.29, 1.82) is 0 Å². The van der Waals surface area contributed by atoms with Crippen LogP contribution in [0.15, 0.2) is 12.7 Å². The third-order valence-corrected chi connectivity index (χ3v) is 2.77. The molecule has 2 N–H and O–H groups in total. The fourth-order valence-corrected chi connectivity index (χ4v) is 1.98. The summed E-state index contributed by atoms with van der Waals surface area (Å²) in [7, 11) is 0. The molecule has 0 aromatic carbocycles. The average Bonchev–Trinajstić information content (AvgIpc) is 2.76. The summed E-state index contributed by atoms with van der Waals surface area (Å²) in [4.78, 5) is 25.8. The number of nitrogens with zero attached hydrogens (tertiary/aromatic N) is 2. The minimum atomic E-state index is -0.974. The van der Waals surface area contributed by atoms with Gasteiger partial charge in [0.2, 0.25) is 0 Å². The van der Waals surface area contributed by atoms with E-state index in [9.17, 15) is 9.59 Å². The molecule has 0 spiro atoms. The Hall–Kier alpha value is -1.56. The number of carbonyl (C=O) groups is 2. The first-order chi connectivity index (χ1) is 8.11. The zero-order valence-corrected chi connectivity index (χ0v) is 9.71. The van der Waals surface area contributed by atoms with Gasteiger partial charge in [0.05, 0.1) is 6.61 Å². The first-order valence-corrected chi connectivity index (χ1v) is 5.62. The molecule has 0 saturated carbocycles. The smallest absolute Gasteiger partial charge is 0.326 e. The monoisotopic (exact) mass is 242 g/mol. The van der Waals surface area contributed by atoms with Gasteiger partial charge in [0.25, 0.3) is 0 Å². The van der Waals surface area contributed by atoms with Crippen LogP contribution in [0, 0.1) is 0 Å². The molecule has 1 fully saturated rings. The van der Waals surface area contributed by atoms with Crippen molar-refractivity contribution in [2.75, 3.05) is 26.2 Å². The molecule has 0 bridgehead atoms. The van der Waals surface area contributed by atoms with E-state index < -0.39 is 12.0 Å². The van der Waals surface area contributed by atoms with Crippen LogP contribution in [0.2, 0.25) is 0 Å².